The third-order valence-electron chi connectivity index (χ3n) is 5.77. The van der Waals surface area contributed by atoms with Gasteiger partial charge in [-0.25, -0.2) is 4.98 Å². The molecule has 5 heteroatoms. The Hall–Kier alpha value is -2.40. The molecule has 0 aliphatic carbocycles. The van der Waals surface area contributed by atoms with E-state index in [1.54, 1.807) is 0 Å². The van der Waals surface area contributed by atoms with Gasteiger partial charge in [-0.2, -0.15) is 0 Å². The van der Waals surface area contributed by atoms with Crippen molar-refractivity contribution in [2.45, 2.75) is 25.3 Å². The number of rotatable bonds is 3. The molecule has 1 atom stereocenters. The largest absolute Gasteiger partial charge is 0.354 e. The van der Waals surface area contributed by atoms with E-state index in [2.05, 4.69) is 29.0 Å². The predicted octanol–water partition coefficient (Wildman–Crippen LogP) is 3.20. The minimum absolute atomic E-state index is 0.125. The van der Waals surface area contributed by atoms with Gasteiger partial charge in [0.15, 0.2) is 0 Å². The lowest BCUT2D eigenvalue weighted by molar-refractivity contribution is 0.0611. The number of pyridine rings is 1. The summed E-state index contributed by atoms with van der Waals surface area (Å²) in [6.07, 6.45) is 5.22. The fraction of sp³-hybridized carbons (Fsp3) is 0.455. The van der Waals surface area contributed by atoms with E-state index in [0.29, 0.717) is 0 Å². The molecule has 0 radical (unpaired) electrons. The van der Waals surface area contributed by atoms with Gasteiger partial charge in [0.1, 0.15) is 5.82 Å². The van der Waals surface area contributed by atoms with E-state index in [1.165, 1.54) is 0 Å². The van der Waals surface area contributed by atoms with Gasteiger partial charge in [-0.1, -0.05) is 24.3 Å². The monoisotopic (exact) mass is 364 g/mol. The van der Waals surface area contributed by atoms with Gasteiger partial charge in [0, 0.05) is 44.5 Å². The molecule has 0 N–H and O–H groups in total. The quantitative estimate of drug-likeness (QED) is 0.839. The lowest BCUT2D eigenvalue weighted by Gasteiger charge is -2.36. The van der Waals surface area contributed by atoms with Crippen LogP contribution in [0.3, 0.4) is 0 Å². The SMILES string of the molecule is CN1CCN(c2ccc([C@@H]3CCCCN3C(=O)c3ccccc3)cn2)CC1. The van der Waals surface area contributed by atoms with Crippen LogP contribution in [-0.2, 0) is 0 Å². The van der Waals surface area contributed by atoms with Crippen molar-refractivity contribution in [1.29, 1.82) is 0 Å². The summed E-state index contributed by atoms with van der Waals surface area (Å²) in [5, 5.41) is 0. The number of hydrogen-bond donors (Lipinski definition) is 0. The van der Waals surface area contributed by atoms with E-state index in [-0.39, 0.29) is 11.9 Å². The number of aromatic nitrogens is 1. The first-order chi connectivity index (χ1) is 13.2. The molecular weight excluding hydrogens is 336 g/mol. The van der Waals surface area contributed by atoms with E-state index in [9.17, 15) is 4.79 Å². The van der Waals surface area contributed by atoms with E-state index in [0.717, 1.165) is 68.9 Å². The number of anilines is 1. The second-order valence-electron chi connectivity index (χ2n) is 7.62. The molecule has 5 nitrogen and oxygen atoms in total. The van der Waals surface area contributed by atoms with Crippen molar-refractivity contribution < 1.29 is 4.79 Å². The summed E-state index contributed by atoms with van der Waals surface area (Å²) in [4.78, 5) is 24.5. The van der Waals surface area contributed by atoms with E-state index in [1.807, 2.05) is 41.4 Å². The normalized spacial score (nSPS) is 21.3. The van der Waals surface area contributed by atoms with Gasteiger partial charge in [0.2, 0.25) is 0 Å². The van der Waals surface area contributed by atoms with Gasteiger partial charge in [-0.05, 0) is 50.1 Å². The lowest BCUT2D eigenvalue weighted by atomic mass is 9.95. The van der Waals surface area contributed by atoms with Crippen LogP contribution in [0.5, 0.6) is 0 Å². The molecule has 2 aliphatic heterocycles. The van der Waals surface area contributed by atoms with Crippen LogP contribution in [0.2, 0.25) is 0 Å². The molecule has 142 valence electrons. The Balaban J connectivity index is 1.51. The van der Waals surface area contributed by atoms with Crippen LogP contribution in [0, 0.1) is 0 Å². The van der Waals surface area contributed by atoms with Crippen molar-refractivity contribution in [1.82, 2.24) is 14.8 Å². The second kappa shape index (κ2) is 8.09. The number of piperazine rings is 1. The Morgan fingerprint density at radius 2 is 1.74 bits per heavy atom. The minimum Gasteiger partial charge on any atom is -0.354 e. The molecule has 0 unspecified atom stereocenters. The van der Waals surface area contributed by atoms with Crippen molar-refractivity contribution in [3.05, 3.63) is 59.8 Å². The van der Waals surface area contributed by atoms with E-state index < -0.39 is 0 Å². The highest BCUT2D eigenvalue weighted by atomic mass is 16.2. The summed E-state index contributed by atoms with van der Waals surface area (Å²) < 4.78 is 0. The molecule has 0 bridgehead atoms. The molecule has 2 fully saturated rings. The zero-order valence-electron chi connectivity index (χ0n) is 16.1. The Morgan fingerprint density at radius 1 is 0.963 bits per heavy atom. The molecule has 1 aromatic carbocycles. The zero-order valence-corrected chi connectivity index (χ0v) is 16.1. The number of likely N-dealkylation sites (N-methyl/N-ethyl adjacent to an activating group) is 1. The minimum atomic E-state index is 0.125. The summed E-state index contributed by atoms with van der Waals surface area (Å²) in [5.74, 6) is 1.17. The second-order valence-corrected chi connectivity index (χ2v) is 7.62. The highest BCUT2D eigenvalue weighted by Crippen LogP contribution is 2.32. The number of hydrogen-bond acceptors (Lipinski definition) is 4. The van der Waals surface area contributed by atoms with Gasteiger partial charge in [-0.15, -0.1) is 0 Å². The maximum absolute atomic E-state index is 13.0. The van der Waals surface area contributed by atoms with E-state index in [4.69, 9.17) is 4.98 Å². The number of amides is 1. The molecule has 2 aromatic rings. The molecule has 3 heterocycles. The van der Waals surface area contributed by atoms with Crippen LogP contribution in [0.15, 0.2) is 48.7 Å². The number of carbonyl (C=O) groups is 1. The summed E-state index contributed by atoms with van der Waals surface area (Å²) in [5.41, 5.74) is 1.92. The standard InChI is InChI=1S/C22H28N4O/c1-24-13-15-25(16-14-24)21-11-10-19(17-23-21)20-9-5-6-12-26(20)22(27)18-7-3-2-4-8-18/h2-4,7-8,10-11,17,20H,5-6,9,12-16H2,1H3/t20-/m0/s1. The summed E-state index contributed by atoms with van der Waals surface area (Å²) >= 11 is 0. The van der Waals surface area contributed by atoms with Crippen LogP contribution in [0.4, 0.5) is 5.82 Å². The van der Waals surface area contributed by atoms with Gasteiger partial charge in [-0.3, -0.25) is 4.79 Å². The third kappa shape index (κ3) is 3.98. The van der Waals surface area contributed by atoms with Crippen molar-refractivity contribution >= 4 is 11.7 Å². The first kappa shape index (κ1) is 18.0. The average Bonchev–Trinajstić information content (AvgIpc) is 2.74. The maximum atomic E-state index is 13.0. The van der Waals surface area contributed by atoms with Gasteiger partial charge >= 0.3 is 0 Å². The summed E-state index contributed by atoms with van der Waals surface area (Å²) in [7, 11) is 2.16. The number of carbonyl (C=O) groups excluding carboxylic acids is 1. The third-order valence-corrected chi connectivity index (χ3v) is 5.77. The predicted molar refractivity (Wildman–Crippen MR) is 108 cm³/mol. The smallest absolute Gasteiger partial charge is 0.254 e. The molecule has 0 saturated carbocycles. The Labute approximate surface area is 161 Å². The van der Waals surface area contributed by atoms with Crippen molar-refractivity contribution in [2.24, 2.45) is 0 Å². The molecular formula is C22H28N4O. The fourth-order valence-electron chi connectivity index (χ4n) is 4.08. The van der Waals surface area contributed by atoms with Gasteiger partial charge in [0.25, 0.3) is 5.91 Å². The van der Waals surface area contributed by atoms with Crippen LogP contribution in [0.25, 0.3) is 0 Å². The molecule has 1 aromatic heterocycles. The summed E-state index contributed by atoms with van der Waals surface area (Å²) in [6, 6.07) is 14.0. The maximum Gasteiger partial charge on any atom is 0.254 e. The van der Waals surface area contributed by atoms with Crippen LogP contribution >= 0.6 is 0 Å². The lowest BCUT2D eigenvalue weighted by Crippen LogP contribution is -2.44. The fourth-order valence-corrected chi connectivity index (χ4v) is 4.08. The highest BCUT2D eigenvalue weighted by Gasteiger charge is 2.29. The number of nitrogens with zero attached hydrogens (tertiary/aromatic N) is 4. The first-order valence-electron chi connectivity index (χ1n) is 9.98. The highest BCUT2D eigenvalue weighted by molar-refractivity contribution is 5.94. The van der Waals surface area contributed by atoms with Crippen molar-refractivity contribution in [3.63, 3.8) is 0 Å². The average molecular weight is 364 g/mol. The molecule has 2 aliphatic rings. The Morgan fingerprint density at radius 3 is 2.44 bits per heavy atom. The van der Waals surface area contributed by atoms with Crippen LogP contribution < -0.4 is 4.90 Å². The van der Waals surface area contributed by atoms with Crippen molar-refractivity contribution in [3.8, 4) is 0 Å². The molecule has 0 spiro atoms. The zero-order chi connectivity index (χ0) is 18.6. The Bertz CT molecular complexity index is 754. The van der Waals surface area contributed by atoms with Crippen molar-refractivity contribution in [2.75, 3.05) is 44.7 Å². The molecule has 4 rings (SSSR count). The number of likely N-dealkylation sites (tertiary alicyclic amines) is 1. The van der Waals surface area contributed by atoms with Gasteiger partial charge < -0.3 is 14.7 Å². The Kier molecular flexibility index (Phi) is 5.39. The van der Waals surface area contributed by atoms with Gasteiger partial charge in [0.05, 0.1) is 6.04 Å². The molecule has 27 heavy (non-hydrogen) atoms. The number of benzene rings is 1. The topological polar surface area (TPSA) is 39.7 Å². The number of piperidine rings is 1. The van der Waals surface area contributed by atoms with Crippen LogP contribution in [-0.4, -0.2) is 60.5 Å². The first-order valence-corrected chi connectivity index (χ1v) is 9.98. The van der Waals surface area contributed by atoms with E-state index >= 15 is 0 Å². The van der Waals surface area contributed by atoms with Crippen LogP contribution in [0.1, 0.15) is 41.2 Å². The molecule has 1 amide bonds. The molecule has 2 saturated heterocycles. The summed E-state index contributed by atoms with van der Waals surface area (Å²) in [6.45, 7) is 5.01.